The van der Waals surface area contributed by atoms with Gasteiger partial charge >= 0.3 is 0 Å². The number of halogens is 1. The molecule has 3 aromatic carbocycles. The Morgan fingerprint density at radius 1 is 0.933 bits per heavy atom. The summed E-state index contributed by atoms with van der Waals surface area (Å²) in [4.78, 5) is 13.0. The van der Waals surface area contributed by atoms with Crippen LogP contribution in [-0.2, 0) is 10.0 Å². The average molecular weight is 441 g/mol. The maximum atomic E-state index is 12.9. The number of amides is 1. The quantitative estimate of drug-likeness (QED) is 0.432. The highest BCUT2D eigenvalue weighted by Crippen LogP contribution is 2.35. The third-order valence-electron chi connectivity index (χ3n) is 4.48. The van der Waals surface area contributed by atoms with Gasteiger partial charge in [-0.1, -0.05) is 48.0 Å². The Labute approximate surface area is 178 Å². The van der Waals surface area contributed by atoms with Gasteiger partial charge in [0.1, 0.15) is 5.76 Å². The maximum absolute atomic E-state index is 12.9. The highest BCUT2D eigenvalue weighted by atomic mass is 35.5. The summed E-state index contributed by atoms with van der Waals surface area (Å²) in [6.45, 7) is 1.66. The van der Waals surface area contributed by atoms with E-state index in [0.29, 0.717) is 22.4 Å². The molecule has 0 bridgehead atoms. The van der Waals surface area contributed by atoms with Crippen molar-refractivity contribution in [3.05, 3.63) is 89.1 Å². The standard InChI is InChI=1S/C22H17ClN2O4S/c1-14-20(22(26)24-15-8-4-2-5-9-15)18-12-16(13-19(23)21(18)29-14)25-30(27,28)17-10-6-3-7-11-17/h2-13,25H,1H3,(H,24,26). The first kappa shape index (κ1) is 20.0. The van der Waals surface area contributed by atoms with Crippen molar-refractivity contribution in [2.24, 2.45) is 0 Å². The lowest BCUT2D eigenvalue weighted by atomic mass is 10.1. The van der Waals surface area contributed by atoms with E-state index >= 15 is 0 Å². The average Bonchev–Trinajstić information content (AvgIpc) is 3.05. The first-order valence-corrected chi connectivity index (χ1v) is 10.9. The molecular formula is C22H17ClN2O4S. The fraction of sp³-hybridized carbons (Fsp3) is 0.0455. The number of nitrogens with one attached hydrogen (secondary N) is 2. The predicted molar refractivity (Wildman–Crippen MR) is 118 cm³/mol. The molecule has 1 amide bonds. The molecule has 1 aromatic heterocycles. The Bertz CT molecular complexity index is 1330. The normalized spacial score (nSPS) is 11.4. The van der Waals surface area contributed by atoms with E-state index in [2.05, 4.69) is 10.0 Å². The number of carbonyl (C=O) groups is 1. The maximum Gasteiger partial charge on any atom is 0.261 e. The van der Waals surface area contributed by atoms with Crippen molar-refractivity contribution in [1.29, 1.82) is 0 Å². The molecule has 6 nitrogen and oxygen atoms in total. The number of hydrogen-bond donors (Lipinski definition) is 2. The van der Waals surface area contributed by atoms with E-state index in [-0.39, 0.29) is 27.1 Å². The number of benzene rings is 3. The second-order valence-corrected chi connectivity index (χ2v) is 8.70. The molecule has 8 heteroatoms. The highest BCUT2D eigenvalue weighted by Gasteiger charge is 2.22. The Kier molecular flexibility index (Phi) is 5.24. The number of aryl methyl sites for hydroxylation is 1. The first-order chi connectivity index (χ1) is 14.3. The van der Waals surface area contributed by atoms with E-state index in [1.54, 1.807) is 37.3 Å². The molecule has 30 heavy (non-hydrogen) atoms. The first-order valence-electron chi connectivity index (χ1n) is 9.02. The predicted octanol–water partition coefficient (Wildman–Crippen LogP) is 5.45. The molecule has 152 valence electrons. The topological polar surface area (TPSA) is 88.4 Å². The Hall–Kier alpha value is -3.29. The van der Waals surface area contributed by atoms with Gasteiger partial charge in [-0.3, -0.25) is 9.52 Å². The SMILES string of the molecule is Cc1oc2c(Cl)cc(NS(=O)(=O)c3ccccc3)cc2c1C(=O)Nc1ccccc1. The van der Waals surface area contributed by atoms with E-state index < -0.39 is 10.0 Å². The molecule has 0 spiro atoms. The van der Waals surface area contributed by atoms with Gasteiger partial charge in [-0.2, -0.15) is 0 Å². The van der Waals surface area contributed by atoms with Crippen LogP contribution in [-0.4, -0.2) is 14.3 Å². The summed E-state index contributed by atoms with van der Waals surface area (Å²) < 4.78 is 33.5. The number of sulfonamides is 1. The zero-order chi connectivity index (χ0) is 21.3. The summed E-state index contributed by atoms with van der Waals surface area (Å²) in [6.07, 6.45) is 0. The van der Waals surface area contributed by atoms with Gasteiger partial charge in [0.2, 0.25) is 0 Å². The Morgan fingerprint density at radius 2 is 1.57 bits per heavy atom. The second kappa shape index (κ2) is 7.85. The van der Waals surface area contributed by atoms with E-state index in [4.69, 9.17) is 16.0 Å². The van der Waals surface area contributed by atoms with Crippen LogP contribution < -0.4 is 10.0 Å². The van der Waals surface area contributed by atoms with Gasteiger partial charge in [-0.15, -0.1) is 0 Å². The van der Waals surface area contributed by atoms with E-state index in [1.807, 2.05) is 18.2 Å². The van der Waals surface area contributed by atoms with E-state index in [9.17, 15) is 13.2 Å². The minimum atomic E-state index is -3.81. The number of carbonyl (C=O) groups excluding carboxylic acids is 1. The van der Waals surface area contributed by atoms with Crippen molar-refractivity contribution < 1.29 is 17.6 Å². The van der Waals surface area contributed by atoms with Crippen LogP contribution in [0.2, 0.25) is 5.02 Å². The molecule has 1 heterocycles. The second-order valence-electron chi connectivity index (χ2n) is 6.61. The van der Waals surface area contributed by atoms with Crippen molar-refractivity contribution in [3.63, 3.8) is 0 Å². The smallest absolute Gasteiger partial charge is 0.261 e. The molecule has 0 aliphatic rings. The van der Waals surface area contributed by atoms with Crippen LogP contribution >= 0.6 is 11.6 Å². The van der Waals surface area contributed by atoms with Gasteiger partial charge in [-0.25, -0.2) is 8.42 Å². The summed E-state index contributed by atoms with van der Waals surface area (Å²) in [6, 6.07) is 20.0. The number of para-hydroxylation sites is 1. The minimum absolute atomic E-state index is 0.117. The molecule has 4 rings (SSSR count). The number of anilines is 2. The van der Waals surface area contributed by atoms with Crippen LogP contribution in [0, 0.1) is 6.92 Å². The van der Waals surface area contributed by atoms with E-state index in [0.717, 1.165) is 0 Å². The van der Waals surface area contributed by atoms with Crippen molar-refractivity contribution in [2.45, 2.75) is 11.8 Å². The zero-order valence-corrected chi connectivity index (χ0v) is 17.4. The van der Waals surface area contributed by atoms with E-state index in [1.165, 1.54) is 24.3 Å². The number of furan rings is 1. The lowest BCUT2D eigenvalue weighted by Crippen LogP contribution is -2.13. The molecule has 0 saturated heterocycles. The zero-order valence-electron chi connectivity index (χ0n) is 15.8. The number of hydrogen-bond acceptors (Lipinski definition) is 4. The monoisotopic (exact) mass is 440 g/mol. The number of fused-ring (bicyclic) bond motifs is 1. The third kappa shape index (κ3) is 3.90. The molecule has 0 aliphatic heterocycles. The van der Waals surface area contributed by atoms with Crippen molar-refractivity contribution >= 4 is 49.9 Å². The third-order valence-corrected chi connectivity index (χ3v) is 6.16. The fourth-order valence-electron chi connectivity index (χ4n) is 3.15. The number of rotatable bonds is 5. The molecule has 0 aliphatic carbocycles. The van der Waals surface area contributed by atoms with Crippen LogP contribution in [0.1, 0.15) is 16.1 Å². The summed E-state index contributed by atoms with van der Waals surface area (Å²) in [5.74, 6) is -0.0000178. The molecule has 0 fully saturated rings. The van der Waals surface area contributed by atoms with Gasteiger partial charge in [0.25, 0.3) is 15.9 Å². The molecule has 0 atom stereocenters. The lowest BCUT2D eigenvalue weighted by molar-refractivity contribution is 0.102. The molecular weight excluding hydrogens is 424 g/mol. The molecule has 0 unspecified atom stereocenters. The van der Waals surface area contributed by atoms with Gasteiger partial charge < -0.3 is 9.73 Å². The van der Waals surface area contributed by atoms with Gasteiger partial charge in [0.05, 0.1) is 21.2 Å². The summed E-state index contributed by atoms with van der Waals surface area (Å²) in [7, 11) is -3.81. The summed E-state index contributed by atoms with van der Waals surface area (Å²) >= 11 is 6.33. The summed E-state index contributed by atoms with van der Waals surface area (Å²) in [5.41, 5.74) is 1.46. The molecule has 0 radical (unpaired) electrons. The molecule has 4 aromatic rings. The fourth-order valence-corrected chi connectivity index (χ4v) is 4.47. The molecule has 0 saturated carbocycles. The Morgan fingerprint density at radius 3 is 2.23 bits per heavy atom. The molecule has 2 N–H and O–H groups in total. The highest BCUT2D eigenvalue weighted by molar-refractivity contribution is 7.92. The van der Waals surface area contributed by atoms with Crippen molar-refractivity contribution in [2.75, 3.05) is 10.0 Å². The Balaban J connectivity index is 1.74. The van der Waals surface area contributed by atoms with Crippen LogP contribution in [0.4, 0.5) is 11.4 Å². The van der Waals surface area contributed by atoms with Crippen LogP contribution in [0.15, 0.2) is 82.1 Å². The lowest BCUT2D eigenvalue weighted by Gasteiger charge is -2.09. The van der Waals surface area contributed by atoms with Gasteiger partial charge in [0.15, 0.2) is 5.58 Å². The van der Waals surface area contributed by atoms with Crippen molar-refractivity contribution in [3.8, 4) is 0 Å². The van der Waals surface area contributed by atoms with Crippen LogP contribution in [0.5, 0.6) is 0 Å². The van der Waals surface area contributed by atoms with Crippen LogP contribution in [0.25, 0.3) is 11.0 Å². The van der Waals surface area contributed by atoms with Gasteiger partial charge in [0, 0.05) is 11.1 Å². The minimum Gasteiger partial charge on any atom is -0.459 e. The summed E-state index contributed by atoms with van der Waals surface area (Å²) in [5, 5.41) is 3.42. The largest absolute Gasteiger partial charge is 0.459 e. The van der Waals surface area contributed by atoms with Gasteiger partial charge in [-0.05, 0) is 43.3 Å². The van der Waals surface area contributed by atoms with Crippen LogP contribution in [0.3, 0.4) is 0 Å². The van der Waals surface area contributed by atoms with Crippen molar-refractivity contribution in [1.82, 2.24) is 0 Å².